The van der Waals surface area contributed by atoms with E-state index in [1.807, 2.05) is 0 Å². The minimum Gasteiger partial charge on any atom is -0.495 e. The van der Waals surface area contributed by atoms with Gasteiger partial charge in [-0.25, -0.2) is 21.1 Å². The number of hydrogen-bond donors (Lipinski definition) is 1. The fourth-order valence-electron chi connectivity index (χ4n) is 3.22. The first-order valence-electron chi connectivity index (χ1n) is 10.1. The molecule has 0 unspecified atom stereocenters. The van der Waals surface area contributed by atoms with Gasteiger partial charge in [-0.15, -0.1) is 0 Å². The van der Waals surface area contributed by atoms with Gasteiger partial charge in [0.05, 0.1) is 25.2 Å². The van der Waals surface area contributed by atoms with E-state index in [0.717, 1.165) is 4.31 Å². The van der Waals surface area contributed by atoms with E-state index in [-0.39, 0.29) is 40.7 Å². The zero-order valence-corrected chi connectivity index (χ0v) is 20.3. The van der Waals surface area contributed by atoms with Crippen LogP contribution in [0.25, 0.3) is 0 Å². The summed E-state index contributed by atoms with van der Waals surface area (Å²) in [7, 11) is -3.13. The Labute approximate surface area is 194 Å². The summed E-state index contributed by atoms with van der Waals surface area (Å²) in [6.45, 7) is 1.19. The number of carbonyl (C=O) groups is 1. The maximum Gasteiger partial charge on any atom is 0.251 e. The number of hydrogen-bond acceptors (Lipinski definition) is 7. The summed E-state index contributed by atoms with van der Waals surface area (Å²) in [5.41, 5.74) is 0.852. The smallest absolute Gasteiger partial charge is 0.251 e. The van der Waals surface area contributed by atoms with E-state index in [1.54, 1.807) is 12.1 Å². The van der Waals surface area contributed by atoms with Gasteiger partial charge in [-0.2, -0.15) is 4.31 Å². The molecule has 1 aliphatic rings. The van der Waals surface area contributed by atoms with Crippen molar-refractivity contribution < 1.29 is 31.1 Å². The number of rotatable bonds is 8. The van der Waals surface area contributed by atoms with Crippen molar-refractivity contribution in [1.29, 1.82) is 0 Å². The van der Waals surface area contributed by atoms with Crippen molar-refractivity contribution in [3.8, 4) is 5.75 Å². The number of morpholine rings is 1. The van der Waals surface area contributed by atoms with Crippen molar-refractivity contribution in [1.82, 2.24) is 13.9 Å². The quantitative estimate of drug-likeness (QED) is 0.575. The van der Waals surface area contributed by atoms with Gasteiger partial charge in [0.1, 0.15) is 10.6 Å². The van der Waals surface area contributed by atoms with E-state index in [9.17, 15) is 21.6 Å². The lowest BCUT2D eigenvalue weighted by Gasteiger charge is -2.26. The van der Waals surface area contributed by atoms with E-state index in [2.05, 4.69) is 5.32 Å². The molecule has 2 aromatic rings. The standard InChI is InChI=1S/C21H27N3O7S2/c1-23(2)32(26,27)18-7-4-16(5-8-18)15-22-21(25)17-6-9-19(30-3)20(14-17)33(28,29)24-10-12-31-13-11-24/h4-9,14H,10-13,15H2,1-3H3,(H,22,25). The fraction of sp³-hybridized carbons (Fsp3) is 0.381. The van der Waals surface area contributed by atoms with E-state index in [0.29, 0.717) is 18.8 Å². The van der Waals surface area contributed by atoms with Crippen molar-refractivity contribution in [3.63, 3.8) is 0 Å². The molecule has 1 N–H and O–H groups in total. The van der Waals surface area contributed by atoms with E-state index in [4.69, 9.17) is 9.47 Å². The predicted molar refractivity (Wildman–Crippen MR) is 121 cm³/mol. The number of sulfonamides is 2. The molecular weight excluding hydrogens is 470 g/mol. The van der Waals surface area contributed by atoms with Crippen LogP contribution < -0.4 is 10.1 Å². The van der Waals surface area contributed by atoms with E-state index in [1.165, 1.54) is 55.8 Å². The van der Waals surface area contributed by atoms with Crippen LogP contribution >= 0.6 is 0 Å². The third-order valence-corrected chi connectivity index (χ3v) is 8.92. The number of benzene rings is 2. The van der Waals surface area contributed by atoms with Crippen LogP contribution in [-0.4, -0.2) is 78.9 Å². The minimum atomic E-state index is -3.87. The normalized spacial score (nSPS) is 15.4. The van der Waals surface area contributed by atoms with Crippen molar-refractivity contribution in [2.24, 2.45) is 0 Å². The highest BCUT2D eigenvalue weighted by atomic mass is 32.2. The van der Waals surface area contributed by atoms with E-state index < -0.39 is 26.0 Å². The van der Waals surface area contributed by atoms with Gasteiger partial charge in [0.25, 0.3) is 5.91 Å². The largest absolute Gasteiger partial charge is 0.495 e. The zero-order valence-electron chi connectivity index (χ0n) is 18.6. The minimum absolute atomic E-state index is 0.0854. The number of nitrogens with one attached hydrogen (secondary N) is 1. The van der Waals surface area contributed by atoms with Crippen molar-refractivity contribution in [2.45, 2.75) is 16.3 Å². The maximum atomic E-state index is 13.1. The first kappa shape index (κ1) is 25.1. The number of amides is 1. The lowest BCUT2D eigenvalue weighted by Crippen LogP contribution is -2.40. The molecule has 1 saturated heterocycles. The average Bonchev–Trinajstić information content (AvgIpc) is 2.82. The van der Waals surface area contributed by atoms with Crippen LogP contribution in [0.1, 0.15) is 15.9 Å². The van der Waals surface area contributed by atoms with Gasteiger partial charge in [-0.05, 0) is 35.9 Å². The molecule has 0 atom stereocenters. The average molecular weight is 498 g/mol. The van der Waals surface area contributed by atoms with Gasteiger partial charge in [0.2, 0.25) is 20.0 Å². The summed E-state index contributed by atoms with van der Waals surface area (Å²) in [4.78, 5) is 12.8. The van der Waals surface area contributed by atoms with Crippen molar-refractivity contribution >= 4 is 26.0 Å². The maximum absolute atomic E-state index is 13.1. The van der Waals surface area contributed by atoms with Crippen LogP contribution in [0.3, 0.4) is 0 Å². The second kappa shape index (κ2) is 10.2. The van der Waals surface area contributed by atoms with Crippen LogP contribution in [0.2, 0.25) is 0 Å². The zero-order chi connectivity index (χ0) is 24.2. The number of methoxy groups -OCH3 is 1. The molecule has 0 saturated carbocycles. The summed E-state index contributed by atoms with van der Waals surface area (Å²) in [5, 5.41) is 2.72. The molecule has 0 aromatic heterocycles. The SMILES string of the molecule is COc1ccc(C(=O)NCc2ccc(S(=O)(=O)N(C)C)cc2)cc1S(=O)(=O)N1CCOCC1. The summed E-state index contributed by atoms with van der Waals surface area (Å²) < 4.78 is 63.4. The lowest BCUT2D eigenvalue weighted by molar-refractivity contribution is 0.0729. The summed E-state index contributed by atoms with van der Waals surface area (Å²) in [6, 6.07) is 10.4. The van der Waals surface area contributed by atoms with Crippen LogP contribution in [0, 0.1) is 0 Å². The monoisotopic (exact) mass is 497 g/mol. The third-order valence-electron chi connectivity index (χ3n) is 5.17. The van der Waals surface area contributed by atoms with Gasteiger partial charge in [0.15, 0.2) is 0 Å². The van der Waals surface area contributed by atoms with Crippen molar-refractivity contribution in [3.05, 3.63) is 53.6 Å². The lowest BCUT2D eigenvalue weighted by atomic mass is 10.2. The molecule has 1 fully saturated rings. The molecule has 2 aromatic carbocycles. The Kier molecular flexibility index (Phi) is 7.75. The molecular formula is C21H27N3O7S2. The van der Waals surface area contributed by atoms with Gasteiger partial charge in [-0.1, -0.05) is 12.1 Å². The highest BCUT2D eigenvalue weighted by Crippen LogP contribution is 2.28. The van der Waals surface area contributed by atoms with Gasteiger partial charge in [-0.3, -0.25) is 4.79 Å². The molecule has 0 radical (unpaired) electrons. The summed E-state index contributed by atoms with van der Waals surface area (Å²) in [5.74, 6) is -0.322. The topological polar surface area (TPSA) is 122 Å². The Morgan fingerprint density at radius 3 is 2.27 bits per heavy atom. The molecule has 1 heterocycles. The Morgan fingerprint density at radius 1 is 1.06 bits per heavy atom. The fourth-order valence-corrected chi connectivity index (χ4v) is 5.71. The molecule has 1 amide bonds. The molecule has 0 bridgehead atoms. The third kappa shape index (κ3) is 5.53. The van der Waals surface area contributed by atoms with Gasteiger partial charge in [0, 0.05) is 39.3 Å². The van der Waals surface area contributed by atoms with Crippen molar-refractivity contribution in [2.75, 3.05) is 47.5 Å². The molecule has 3 rings (SSSR count). The molecule has 33 heavy (non-hydrogen) atoms. The van der Waals surface area contributed by atoms with Gasteiger partial charge < -0.3 is 14.8 Å². The molecule has 12 heteroatoms. The highest BCUT2D eigenvalue weighted by molar-refractivity contribution is 7.89. The second-order valence-corrected chi connectivity index (χ2v) is 11.6. The molecule has 0 spiro atoms. The first-order chi connectivity index (χ1) is 15.6. The van der Waals surface area contributed by atoms with Crippen LogP contribution in [0.15, 0.2) is 52.3 Å². The first-order valence-corrected chi connectivity index (χ1v) is 13.0. The Morgan fingerprint density at radius 2 is 1.70 bits per heavy atom. The van der Waals surface area contributed by atoms with Crippen LogP contribution in [0.4, 0.5) is 0 Å². The molecule has 1 aliphatic heterocycles. The Bertz CT molecular complexity index is 1200. The molecule has 0 aliphatic carbocycles. The van der Waals surface area contributed by atoms with Gasteiger partial charge >= 0.3 is 0 Å². The Balaban J connectivity index is 1.76. The molecule has 180 valence electrons. The second-order valence-electron chi connectivity index (χ2n) is 7.50. The number of carbonyl (C=O) groups excluding carboxylic acids is 1. The van der Waals surface area contributed by atoms with E-state index >= 15 is 0 Å². The summed E-state index contributed by atoms with van der Waals surface area (Å²) in [6.07, 6.45) is 0. The van der Waals surface area contributed by atoms with Crippen LogP contribution in [0.5, 0.6) is 5.75 Å². The molecule has 10 nitrogen and oxygen atoms in total. The number of nitrogens with zero attached hydrogens (tertiary/aromatic N) is 2. The predicted octanol–water partition coefficient (Wildman–Crippen LogP) is 0.896. The number of ether oxygens (including phenoxy) is 2. The Hall–Kier alpha value is -2.51. The van der Waals surface area contributed by atoms with Crippen LogP contribution in [-0.2, 0) is 31.3 Å². The summed E-state index contributed by atoms with van der Waals surface area (Å²) >= 11 is 0. The highest BCUT2D eigenvalue weighted by Gasteiger charge is 2.30.